The van der Waals surface area contributed by atoms with Crippen molar-refractivity contribution in [3.05, 3.63) is 57.7 Å². The fraction of sp³-hybridized carbons (Fsp3) is 0.250. The van der Waals surface area contributed by atoms with Crippen molar-refractivity contribution in [3.63, 3.8) is 0 Å². The minimum absolute atomic E-state index is 0.0494. The highest BCUT2D eigenvalue weighted by Crippen LogP contribution is 2.27. The largest absolute Gasteiger partial charge is 0.418 e. The number of thiophene rings is 1. The molecule has 114 valence electrons. The molecule has 0 saturated carbocycles. The molecule has 0 amide bonds. The van der Waals surface area contributed by atoms with Crippen molar-refractivity contribution in [1.82, 2.24) is 15.1 Å². The standard InChI is InChI=1S/C16H16BrN3OS/c1-11(20(2)10-12-6-3-4-7-13(12)17)15-18-19-16(21-15)14-8-5-9-22-14/h3-9,11H,10H2,1-2H3. The van der Waals surface area contributed by atoms with E-state index >= 15 is 0 Å². The van der Waals surface area contributed by atoms with Crippen molar-refractivity contribution >= 4 is 27.3 Å². The molecule has 6 heteroatoms. The lowest BCUT2D eigenvalue weighted by Gasteiger charge is -2.22. The Morgan fingerprint density at radius 1 is 1.23 bits per heavy atom. The van der Waals surface area contributed by atoms with Gasteiger partial charge in [-0.1, -0.05) is 40.2 Å². The molecule has 3 aromatic rings. The van der Waals surface area contributed by atoms with Crippen molar-refractivity contribution < 1.29 is 4.42 Å². The van der Waals surface area contributed by atoms with Crippen molar-refractivity contribution in [2.75, 3.05) is 7.05 Å². The second kappa shape index (κ2) is 6.73. The maximum Gasteiger partial charge on any atom is 0.257 e. The van der Waals surface area contributed by atoms with Crippen LogP contribution >= 0.6 is 27.3 Å². The van der Waals surface area contributed by atoms with Gasteiger partial charge in [0, 0.05) is 11.0 Å². The molecule has 0 aliphatic heterocycles. The van der Waals surface area contributed by atoms with Gasteiger partial charge in [-0.25, -0.2) is 0 Å². The number of benzene rings is 1. The van der Waals surface area contributed by atoms with E-state index in [1.54, 1.807) is 11.3 Å². The van der Waals surface area contributed by atoms with Crippen LogP contribution in [0.2, 0.25) is 0 Å². The fourth-order valence-corrected chi connectivity index (χ4v) is 3.18. The normalized spacial score (nSPS) is 12.7. The Hall–Kier alpha value is -1.50. The minimum Gasteiger partial charge on any atom is -0.418 e. The smallest absolute Gasteiger partial charge is 0.257 e. The summed E-state index contributed by atoms with van der Waals surface area (Å²) in [7, 11) is 2.05. The molecule has 0 spiro atoms. The summed E-state index contributed by atoms with van der Waals surface area (Å²) in [6.07, 6.45) is 0. The quantitative estimate of drug-likeness (QED) is 0.642. The molecule has 0 saturated heterocycles. The van der Waals surface area contributed by atoms with Gasteiger partial charge in [0.15, 0.2) is 0 Å². The van der Waals surface area contributed by atoms with Crippen LogP contribution in [0.4, 0.5) is 0 Å². The number of rotatable bonds is 5. The van der Waals surface area contributed by atoms with Crippen LogP contribution in [0.1, 0.15) is 24.4 Å². The van der Waals surface area contributed by atoms with Crippen LogP contribution in [0.3, 0.4) is 0 Å². The molecule has 0 aliphatic carbocycles. The van der Waals surface area contributed by atoms with E-state index in [1.807, 2.05) is 29.6 Å². The average Bonchev–Trinajstić information content (AvgIpc) is 3.19. The van der Waals surface area contributed by atoms with Gasteiger partial charge in [0.2, 0.25) is 5.89 Å². The predicted octanol–water partition coefficient (Wildman–Crippen LogP) is 4.75. The SMILES string of the molecule is CC(c1nnc(-c2cccs2)o1)N(C)Cc1ccccc1Br. The van der Waals surface area contributed by atoms with Gasteiger partial charge in [-0.2, -0.15) is 0 Å². The van der Waals surface area contributed by atoms with E-state index < -0.39 is 0 Å². The molecule has 4 nitrogen and oxygen atoms in total. The first kappa shape index (κ1) is 15.4. The molecule has 2 aromatic heterocycles. The lowest BCUT2D eigenvalue weighted by atomic mass is 10.2. The third-order valence-electron chi connectivity index (χ3n) is 3.57. The molecule has 22 heavy (non-hydrogen) atoms. The van der Waals surface area contributed by atoms with E-state index in [-0.39, 0.29) is 6.04 Å². The van der Waals surface area contributed by atoms with Gasteiger partial charge in [0.05, 0.1) is 10.9 Å². The summed E-state index contributed by atoms with van der Waals surface area (Å²) in [5.74, 6) is 1.23. The second-order valence-electron chi connectivity index (χ2n) is 5.11. The first-order chi connectivity index (χ1) is 10.6. The fourth-order valence-electron chi connectivity index (χ4n) is 2.12. The molecule has 0 fully saturated rings. The summed E-state index contributed by atoms with van der Waals surface area (Å²) >= 11 is 5.18. The van der Waals surface area contributed by atoms with E-state index in [4.69, 9.17) is 4.42 Å². The predicted molar refractivity (Wildman–Crippen MR) is 91.6 cm³/mol. The molecular formula is C16H16BrN3OS. The van der Waals surface area contributed by atoms with Gasteiger partial charge in [0.1, 0.15) is 0 Å². The van der Waals surface area contributed by atoms with Crippen molar-refractivity contribution in [2.24, 2.45) is 0 Å². The van der Waals surface area contributed by atoms with Crippen LogP contribution in [0.15, 0.2) is 50.7 Å². The topological polar surface area (TPSA) is 42.2 Å². The first-order valence-corrected chi connectivity index (χ1v) is 8.63. The monoisotopic (exact) mass is 377 g/mol. The van der Waals surface area contributed by atoms with Crippen molar-refractivity contribution in [1.29, 1.82) is 0 Å². The van der Waals surface area contributed by atoms with E-state index in [0.717, 1.165) is 15.9 Å². The first-order valence-electron chi connectivity index (χ1n) is 6.96. The van der Waals surface area contributed by atoms with E-state index in [1.165, 1.54) is 5.56 Å². The van der Waals surface area contributed by atoms with Crippen LogP contribution in [0.5, 0.6) is 0 Å². The Kier molecular flexibility index (Phi) is 4.71. The summed E-state index contributed by atoms with van der Waals surface area (Å²) in [6, 6.07) is 12.2. The third-order valence-corrected chi connectivity index (χ3v) is 5.20. The summed E-state index contributed by atoms with van der Waals surface area (Å²) < 4.78 is 6.92. The summed E-state index contributed by atoms with van der Waals surface area (Å²) in [5, 5.41) is 10.3. The van der Waals surface area contributed by atoms with Crippen LogP contribution in [-0.4, -0.2) is 22.1 Å². The molecule has 0 radical (unpaired) electrons. The highest BCUT2D eigenvalue weighted by atomic mass is 79.9. The Labute approximate surface area is 141 Å². The number of hydrogen-bond donors (Lipinski definition) is 0. The van der Waals surface area contributed by atoms with E-state index in [2.05, 4.69) is 57.1 Å². The average molecular weight is 378 g/mol. The molecular weight excluding hydrogens is 362 g/mol. The summed E-state index contributed by atoms with van der Waals surface area (Å²) in [4.78, 5) is 3.19. The van der Waals surface area contributed by atoms with E-state index in [0.29, 0.717) is 11.8 Å². The molecule has 2 heterocycles. The van der Waals surface area contributed by atoms with Gasteiger partial charge in [0.25, 0.3) is 5.89 Å². The zero-order chi connectivity index (χ0) is 15.5. The number of halogens is 1. The summed E-state index contributed by atoms with van der Waals surface area (Å²) in [6.45, 7) is 2.88. The molecule has 0 bridgehead atoms. The molecule has 1 atom stereocenters. The molecule has 0 N–H and O–H groups in total. The maximum atomic E-state index is 5.81. The van der Waals surface area contributed by atoms with Gasteiger partial charge < -0.3 is 4.42 Å². The van der Waals surface area contributed by atoms with Crippen LogP contribution in [-0.2, 0) is 6.54 Å². The number of hydrogen-bond acceptors (Lipinski definition) is 5. The Balaban J connectivity index is 1.73. The Morgan fingerprint density at radius 2 is 2.05 bits per heavy atom. The van der Waals surface area contributed by atoms with Gasteiger partial charge in [-0.15, -0.1) is 21.5 Å². The van der Waals surface area contributed by atoms with Gasteiger partial charge >= 0.3 is 0 Å². The van der Waals surface area contributed by atoms with Crippen molar-refractivity contribution in [2.45, 2.75) is 19.5 Å². The van der Waals surface area contributed by atoms with Crippen LogP contribution in [0.25, 0.3) is 10.8 Å². The number of aromatic nitrogens is 2. The van der Waals surface area contributed by atoms with E-state index in [9.17, 15) is 0 Å². The second-order valence-corrected chi connectivity index (χ2v) is 6.91. The molecule has 1 aromatic carbocycles. The van der Waals surface area contributed by atoms with Crippen LogP contribution < -0.4 is 0 Å². The highest BCUT2D eigenvalue weighted by Gasteiger charge is 2.20. The minimum atomic E-state index is 0.0494. The lowest BCUT2D eigenvalue weighted by molar-refractivity contribution is 0.217. The Morgan fingerprint density at radius 3 is 2.77 bits per heavy atom. The Bertz CT molecular complexity index is 741. The zero-order valence-electron chi connectivity index (χ0n) is 12.4. The molecule has 1 unspecified atom stereocenters. The highest BCUT2D eigenvalue weighted by molar-refractivity contribution is 9.10. The molecule has 3 rings (SSSR count). The number of nitrogens with zero attached hydrogens (tertiary/aromatic N) is 3. The molecule has 0 aliphatic rings. The maximum absolute atomic E-state index is 5.81. The zero-order valence-corrected chi connectivity index (χ0v) is 14.8. The lowest BCUT2D eigenvalue weighted by Crippen LogP contribution is -2.22. The third kappa shape index (κ3) is 3.29. The van der Waals surface area contributed by atoms with Gasteiger partial charge in [-0.3, -0.25) is 4.90 Å². The van der Waals surface area contributed by atoms with Crippen molar-refractivity contribution in [3.8, 4) is 10.8 Å². The van der Waals surface area contributed by atoms with Gasteiger partial charge in [-0.05, 0) is 37.0 Å². The van der Waals surface area contributed by atoms with Crippen LogP contribution in [0, 0.1) is 0 Å². The summed E-state index contributed by atoms with van der Waals surface area (Å²) in [5.41, 5.74) is 1.23.